The summed E-state index contributed by atoms with van der Waals surface area (Å²) in [5, 5.41) is 6.58. The van der Waals surface area contributed by atoms with Gasteiger partial charge in [0.15, 0.2) is 17.5 Å². The minimum atomic E-state index is -3.19. The van der Waals surface area contributed by atoms with E-state index in [9.17, 15) is 8.42 Å². The van der Waals surface area contributed by atoms with Crippen LogP contribution in [0.5, 0.6) is 11.5 Å². The van der Waals surface area contributed by atoms with Crippen molar-refractivity contribution in [1.82, 2.24) is 10.0 Å². The number of ether oxygens (including phenoxy) is 2. The maximum Gasteiger partial charge on any atom is 0.208 e. The van der Waals surface area contributed by atoms with Crippen LogP contribution in [0.2, 0.25) is 0 Å². The summed E-state index contributed by atoms with van der Waals surface area (Å²) in [5.41, 5.74) is 3.15. The molecule has 0 saturated heterocycles. The first kappa shape index (κ1) is 22.9. The van der Waals surface area contributed by atoms with Gasteiger partial charge in [-0.2, -0.15) is 0 Å². The van der Waals surface area contributed by atoms with E-state index >= 15 is 0 Å². The van der Waals surface area contributed by atoms with Gasteiger partial charge in [0.2, 0.25) is 10.0 Å². The average molecular weight is 447 g/mol. The lowest BCUT2D eigenvalue weighted by Crippen LogP contribution is -2.33. The lowest BCUT2D eigenvalue weighted by atomic mass is 10.1. The summed E-state index contributed by atoms with van der Waals surface area (Å²) in [6.45, 7) is 4.77. The van der Waals surface area contributed by atoms with Gasteiger partial charge in [0.1, 0.15) is 0 Å². The van der Waals surface area contributed by atoms with Gasteiger partial charge in [-0.05, 0) is 36.6 Å². The van der Waals surface area contributed by atoms with Crippen molar-refractivity contribution in [2.75, 3.05) is 37.9 Å². The first-order valence-corrected chi connectivity index (χ1v) is 12.2. The molecule has 168 valence electrons. The molecule has 0 fully saturated rings. The molecule has 0 saturated carbocycles. The van der Waals surface area contributed by atoms with Crippen LogP contribution < -0.4 is 24.8 Å². The van der Waals surface area contributed by atoms with Gasteiger partial charge in [-0.25, -0.2) is 18.1 Å². The Morgan fingerprint density at radius 1 is 1.06 bits per heavy atom. The van der Waals surface area contributed by atoms with Gasteiger partial charge in [0.05, 0.1) is 26.0 Å². The molecule has 0 aliphatic carbocycles. The molecule has 31 heavy (non-hydrogen) atoms. The van der Waals surface area contributed by atoms with Gasteiger partial charge in [-0.15, -0.1) is 0 Å². The number of aryl methyl sites for hydroxylation is 1. The summed E-state index contributed by atoms with van der Waals surface area (Å²) in [6.07, 6.45) is 2.63. The predicted molar refractivity (Wildman–Crippen MR) is 123 cm³/mol. The fourth-order valence-electron chi connectivity index (χ4n) is 3.02. The number of nitrogens with one attached hydrogen (secondary N) is 3. The number of benzene rings is 2. The molecule has 0 bridgehead atoms. The fraction of sp³-hybridized carbons (Fsp3) is 0.409. The summed E-state index contributed by atoms with van der Waals surface area (Å²) in [7, 11) is -3.19. The van der Waals surface area contributed by atoms with Crippen molar-refractivity contribution in [3.8, 4) is 11.5 Å². The molecular formula is C22H30N4O4S. The maximum absolute atomic E-state index is 11.2. The third kappa shape index (κ3) is 7.76. The first-order valence-electron chi connectivity index (χ1n) is 10.3. The normalized spacial score (nSPS) is 14.1. The number of aliphatic imine (C=N–C) groups is 1. The molecule has 0 amide bonds. The van der Waals surface area contributed by atoms with E-state index in [1.165, 1.54) is 5.56 Å². The molecule has 0 spiro atoms. The van der Waals surface area contributed by atoms with Gasteiger partial charge < -0.3 is 20.1 Å². The summed E-state index contributed by atoms with van der Waals surface area (Å²) >= 11 is 0. The zero-order valence-electron chi connectivity index (χ0n) is 18.0. The number of nitrogens with zero attached hydrogens (tertiary/aromatic N) is 1. The van der Waals surface area contributed by atoms with Crippen LogP contribution in [0.3, 0.4) is 0 Å². The summed E-state index contributed by atoms with van der Waals surface area (Å²) < 4.78 is 36.4. The van der Waals surface area contributed by atoms with Crippen molar-refractivity contribution in [3.05, 3.63) is 53.6 Å². The van der Waals surface area contributed by atoms with Crippen LogP contribution >= 0.6 is 0 Å². The van der Waals surface area contributed by atoms with E-state index in [4.69, 9.17) is 14.5 Å². The van der Waals surface area contributed by atoms with Crippen molar-refractivity contribution < 1.29 is 17.9 Å². The number of sulfonamides is 1. The minimum Gasteiger partial charge on any atom is -0.490 e. The van der Waals surface area contributed by atoms with Crippen LogP contribution in [-0.2, 0) is 16.6 Å². The van der Waals surface area contributed by atoms with Crippen molar-refractivity contribution in [2.24, 2.45) is 4.99 Å². The second-order valence-corrected chi connectivity index (χ2v) is 9.21. The number of anilines is 1. The molecule has 1 aliphatic heterocycles. The molecule has 3 N–H and O–H groups in total. The summed E-state index contributed by atoms with van der Waals surface area (Å²) in [5.74, 6) is 2.05. The Morgan fingerprint density at radius 3 is 2.61 bits per heavy atom. The number of fused-ring (bicyclic) bond motifs is 1. The van der Waals surface area contributed by atoms with E-state index < -0.39 is 10.0 Å². The molecule has 2 aromatic carbocycles. The van der Waals surface area contributed by atoms with Crippen LogP contribution in [-0.4, -0.2) is 46.9 Å². The minimum absolute atomic E-state index is 0.362. The molecule has 0 aromatic heterocycles. The van der Waals surface area contributed by atoms with Gasteiger partial charge in [0, 0.05) is 31.3 Å². The second kappa shape index (κ2) is 11.0. The molecule has 8 nitrogen and oxygen atoms in total. The maximum atomic E-state index is 11.2. The molecule has 9 heteroatoms. The third-order valence-electron chi connectivity index (χ3n) is 4.69. The second-order valence-electron chi connectivity index (χ2n) is 7.38. The topological polar surface area (TPSA) is 101 Å². The van der Waals surface area contributed by atoms with Crippen LogP contribution in [0.4, 0.5) is 5.69 Å². The Morgan fingerprint density at radius 2 is 1.84 bits per heavy atom. The Kier molecular flexibility index (Phi) is 8.13. The molecule has 0 radical (unpaired) electrons. The summed E-state index contributed by atoms with van der Waals surface area (Å²) in [6, 6.07) is 13.8. The van der Waals surface area contributed by atoms with Crippen LogP contribution in [0.1, 0.15) is 24.0 Å². The number of guanidine groups is 1. The fourth-order valence-corrected chi connectivity index (χ4v) is 3.54. The SMILES string of the molecule is Cc1ccccc1CN=C(NCCCNS(C)(=O)=O)Nc1ccc2c(c1)OCCCO2. The van der Waals surface area contributed by atoms with Gasteiger partial charge in [-0.1, -0.05) is 24.3 Å². The van der Waals surface area contributed by atoms with Crippen LogP contribution in [0, 0.1) is 6.92 Å². The highest BCUT2D eigenvalue weighted by Crippen LogP contribution is 2.32. The highest BCUT2D eigenvalue weighted by atomic mass is 32.2. The van der Waals surface area contributed by atoms with Crippen molar-refractivity contribution in [1.29, 1.82) is 0 Å². The number of rotatable bonds is 8. The predicted octanol–water partition coefficient (Wildman–Crippen LogP) is 2.65. The molecule has 1 heterocycles. The van der Waals surface area contributed by atoms with Crippen LogP contribution in [0.15, 0.2) is 47.5 Å². The standard InChI is InChI=1S/C22H30N4O4S/c1-17-7-3-4-8-18(17)16-24-22(23-11-5-12-25-31(2,27)28)26-19-9-10-20-21(15-19)30-14-6-13-29-20/h3-4,7-10,15,25H,5-6,11-14,16H2,1-2H3,(H2,23,24,26). The quantitative estimate of drug-likeness (QED) is 0.327. The van der Waals surface area contributed by atoms with Crippen molar-refractivity contribution >= 4 is 21.7 Å². The molecule has 2 aromatic rings. The highest BCUT2D eigenvalue weighted by molar-refractivity contribution is 7.88. The molecule has 1 aliphatic rings. The van der Waals surface area contributed by atoms with Gasteiger partial charge in [-0.3, -0.25) is 0 Å². The Bertz CT molecular complexity index is 1010. The molecular weight excluding hydrogens is 416 g/mol. The van der Waals surface area contributed by atoms with Crippen molar-refractivity contribution in [3.63, 3.8) is 0 Å². The Hall–Kier alpha value is -2.78. The summed E-state index contributed by atoms with van der Waals surface area (Å²) in [4.78, 5) is 4.71. The zero-order valence-corrected chi connectivity index (χ0v) is 18.8. The average Bonchev–Trinajstić information content (AvgIpc) is 2.96. The van der Waals surface area contributed by atoms with E-state index in [2.05, 4.69) is 34.4 Å². The van der Waals surface area contributed by atoms with Crippen LogP contribution in [0.25, 0.3) is 0 Å². The number of hydrogen-bond acceptors (Lipinski definition) is 5. The van der Waals surface area contributed by atoms with E-state index in [1.54, 1.807) is 0 Å². The lowest BCUT2D eigenvalue weighted by molar-refractivity contribution is 0.297. The van der Waals surface area contributed by atoms with E-state index in [0.717, 1.165) is 29.7 Å². The first-order chi connectivity index (χ1) is 14.9. The van der Waals surface area contributed by atoms with Crippen molar-refractivity contribution in [2.45, 2.75) is 26.3 Å². The lowest BCUT2D eigenvalue weighted by Gasteiger charge is -2.15. The smallest absolute Gasteiger partial charge is 0.208 e. The zero-order chi connectivity index (χ0) is 22.1. The third-order valence-corrected chi connectivity index (χ3v) is 5.42. The largest absolute Gasteiger partial charge is 0.490 e. The van der Waals surface area contributed by atoms with E-state index in [1.807, 2.05) is 30.3 Å². The van der Waals surface area contributed by atoms with E-state index in [-0.39, 0.29) is 0 Å². The Labute approximate surface area is 184 Å². The Balaban J connectivity index is 1.68. The highest BCUT2D eigenvalue weighted by Gasteiger charge is 2.11. The molecule has 0 unspecified atom stereocenters. The van der Waals surface area contributed by atoms with Gasteiger partial charge in [0.25, 0.3) is 0 Å². The monoisotopic (exact) mass is 446 g/mol. The molecule has 0 atom stereocenters. The number of hydrogen-bond donors (Lipinski definition) is 3. The van der Waals surface area contributed by atoms with Gasteiger partial charge >= 0.3 is 0 Å². The molecule has 3 rings (SSSR count). The van der Waals surface area contributed by atoms with E-state index in [0.29, 0.717) is 51.0 Å².